The van der Waals surface area contributed by atoms with E-state index >= 15 is 0 Å². The van der Waals surface area contributed by atoms with Gasteiger partial charge in [-0.15, -0.1) is 0 Å². The summed E-state index contributed by atoms with van der Waals surface area (Å²) in [5.41, 5.74) is 0.604. The third-order valence-corrected chi connectivity index (χ3v) is 1.51. The van der Waals surface area contributed by atoms with Crippen molar-refractivity contribution in [3.05, 3.63) is 35.9 Å². The third kappa shape index (κ3) is 6.54. The molecule has 0 spiro atoms. The number of ketones is 2. The highest BCUT2D eigenvalue weighted by atomic mass is 19.2. The van der Waals surface area contributed by atoms with Crippen LogP contribution in [-0.4, -0.2) is 19.4 Å². The average Bonchev–Trinajstić information content (AvgIpc) is 2.19. The SMILES string of the molecule is CC(=O)CC(=O)c1ccccc1.FBF. The minimum absolute atomic E-state index is 0.00398. The van der Waals surface area contributed by atoms with E-state index in [1.54, 1.807) is 24.3 Å². The smallest absolute Gasteiger partial charge is 0.300 e. The van der Waals surface area contributed by atoms with Gasteiger partial charge in [-0.1, -0.05) is 30.3 Å². The van der Waals surface area contributed by atoms with Gasteiger partial charge in [-0.2, -0.15) is 0 Å². The Labute approximate surface area is 87.6 Å². The van der Waals surface area contributed by atoms with Crippen molar-refractivity contribution in [2.45, 2.75) is 13.3 Å². The van der Waals surface area contributed by atoms with Crippen molar-refractivity contribution in [2.24, 2.45) is 0 Å². The Morgan fingerprint density at radius 2 is 1.67 bits per heavy atom. The van der Waals surface area contributed by atoms with Gasteiger partial charge in [0.1, 0.15) is 5.78 Å². The maximum absolute atomic E-state index is 11.2. The van der Waals surface area contributed by atoms with Crippen molar-refractivity contribution < 1.29 is 18.2 Å². The molecule has 0 aliphatic rings. The molecule has 80 valence electrons. The van der Waals surface area contributed by atoms with E-state index in [9.17, 15) is 18.2 Å². The lowest BCUT2D eigenvalue weighted by Crippen LogP contribution is -2.04. The Kier molecular flexibility index (Phi) is 7.06. The molecule has 0 aromatic heterocycles. The molecule has 0 saturated carbocycles. The van der Waals surface area contributed by atoms with E-state index in [4.69, 9.17) is 0 Å². The van der Waals surface area contributed by atoms with Gasteiger partial charge >= 0.3 is 7.83 Å². The average molecular weight is 212 g/mol. The first-order valence-electron chi connectivity index (χ1n) is 4.31. The van der Waals surface area contributed by atoms with E-state index in [0.29, 0.717) is 5.56 Å². The summed E-state index contributed by atoms with van der Waals surface area (Å²) in [6.07, 6.45) is 0.00398. The second-order valence-corrected chi connectivity index (χ2v) is 2.77. The van der Waals surface area contributed by atoms with Crippen molar-refractivity contribution in [1.29, 1.82) is 0 Å². The lowest BCUT2D eigenvalue weighted by atomic mass is 10.1. The van der Waals surface area contributed by atoms with Gasteiger partial charge in [0.25, 0.3) is 0 Å². The molecule has 0 N–H and O–H groups in total. The van der Waals surface area contributed by atoms with Gasteiger partial charge in [0.05, 0.1) is 6.42 Å². The predicted molar refractivity (Wildman–Crippen MR) is 55.4 cm³/mol. The standard InChI is InChI=1S/C10H10O2.BF2H/c1-8(11)7-10(12)9-5-3-2-4-6-9;2-1-3/h2-6H,7H2,1H3;1H. The van der Waals surface area contributed by atoms with Crippen LogP contribution in [0.15, 0.2) is 30.3 Å². The van der Waals surface area contributed by atoms with Gasteiger partial charge in [-0.05, 0) is 6.92 Å². The minimum Gasteiger partial charge on any atom is -0.300 e. The zero-order chi connectivity index (χ0) is 11.7. The number of benzene rings is 1. The van der Waals surface area contributed by atoms with Crippen LogP contribution in [0.2, 0.25) is 0 Å². The van der Waals surface area contributed by atoms with Crippen LogP contribution in [0.3, 0.4) is 0 Å². The monoisotopic (exact) mass is 212 g/mol. The summed E-state index contributed by atoms with van der Waals surface area (Å²) in [6, 6.07) is 8.84. The fraction of sp³-hybridized carbons (Fsp3) is 0.200. The lowest BCUT2D eigenvalue weighted by molar-refractivity contribution is -0.116. The molecule has 1 rings (SSSR count). The largest absolute Gasteiger partial charge is 0.521 e. The minimum atomic E-state index is -1.75. The molecule has 0 aliphatic carbocycles. The lowest BCUT2D eigenvalue weighted by Gasteiger charge is -1.95. The number of halogens is 2. The summed E-state index contributed by atoms with van der Waals surface area (Å²) in [6.45, 7) is 1.42. The molecule has 0 fully saturated rings. The van der Waals surface area contributed by atoms with Crippen molar-refractivity contribution in [3.8, 4) is 0 Å². The van der Waals surface area contributed by atoms with Gasteiger partial charge in [0, 0.05) is 5.56 Å². The Morgan fingerprint density at radius 3 is 2.07 bits per heavy atom. The maximum atomic E-state index is 11.2. The molecule has 0 radical (unpaired) electrons. The number of hydrogen-bond acceptors (Lipinski definition) is 2. The predicted octanol–water partition coefficient (Wildman–Crippen LogP) is 2.04. The molecule has 5 heteroatoms. The van der Waals surface area contributed by atoms with E-state index < -0.39 is 7.83 Å². The van der Waals surface area contributed by atoms with Crippen molar-refractivity contribution in [2.75, 3.05) is 0 Å². The van der Waals surface area contributed by atoms with Gasteiger partial charge in [-0.25, -0.2) is 0 Å². The first-order valence-corrected chi connectivity index (χ1v) is 4.31. The van der Waals surface area contributed by atoms with Gasteiger partial charge < -0.3 is 0 Å². The normalized spacial score (nSPS) is 8.47. The van der Waals surface area contributed by atoms with E-state index in [1.165, 1.54) is 6.92 Å². The van der Waals surface area contributed by atoms with Crippen molar-refractivity contribution in [3.63, 3.8) is 0 Å². The highest BCUT2D eigenvalue weighted by Gasteiger charge is 2.06. The van der Waals surface area contributed by atoms with Crippen LogP contribution in [0.5, 0.6) is 0 Å². The number of rotatable bonds is 3. The third-order valence-electron chi connectivity index (χ3n) is 1.51. The number of Topliss-reactive ketones (excluding diaryl/α,β-unsaturated/α-hetero) is 2. The zero-order valence-electron chi connectivity index (χ0n) is 8.37. The first kappa shape index (κ1) is 13.5. The maximum Gasteiger partial charge on any atom is 0.521 e. The molecular weight excluding hydrogens is 201 g/mol. The second kappa shape index (κ2) is 7.85. The van der Waals surface area contributed by atoms with Crippen LogP contribution in [-0.2, 0) is 4.79 Å². The topological polar surface area (TPSA) is 34.1 Å². The molecule has 0 heterocycles. The zero-order valence-corrected chi connectivity index (χ0v) is 8.37. The first-order chi connectivity index (χ1) is 7.11. The quantitative estimate of drug-likeness (QED) is 0.436. The summed E-state index contributed by atoms with van der Waals surface area (Å²) < 4.78 is 19.2. The molecule has 1 aromatic rings. The Morgan fingerprint density at radius 1 is 1.20 bits per heavy atom. The molecule has 2 nitrogen and oxygen atoms in total. The van der Waals surface area contributed by atoms with Crippen molar-refractivity contribution >= 4 is 19.4 Å². The highest BCUT2D eigenvalue weighted by molar-refractivity contribution is 6.15. The second-order valence-electron chi connectivity index (χ2n) is 2.77. The Hall–Kier alpha value is -1.52. The van der Waals surface area contributed by atoms with Crippen LogP contribution in [0.4, 0.5) is 8.63 Å². The number of hydrogen-bond donors (Lipinski definition) is 0. The molecule has 0 aliphatic heterocycles. The highest BCUT2D eigenvalue weighted by Crippen LogP contribution is 2.02. The summed E-state index contributed by atoms with van der Waals surface area (Å²) in [4.78, 5) is 21.8. The summed E-state index contributed by atoms with van der Waals surface area (Å²) in [5.74, 6) is -0.202. The van der Waals surface area contributed by atoms with E-state index in [1.807, 2.05) is 6.07 Å². The van der Waals surface area contributed by atoms with Crippen LogP contribution >= 0.6 is 0 Å². The Balaban J connectivity index is 0.000000583. The van der Waals surface area contributed by atoms with Gasteiger partial charge in [0.15, 0.2) is 5.78 Å². The molecule has 0 unspecified atom stereocenters. The summed E-state index contributed by atoms with van der Waals surface area (Å²) in [5, 5.41) is 0. The Bertz CT molecular complexity index is 314. The van der Waals surface area contributed by atoms with Gasteiger partial charge in [0.2, 0.25) is 0 Å². The fourth-order valence-electron chi connectivity index (χ4n) is 0.952. The molecule has 0 bridgehead atoms. The fourth-order valence-corrected chi connectivity index (χ4v) is 0.952. The molecule has 1 aromatic carbocycles. The molecule has 15 heavy (non-hydrogen) atoms. The van der Waals surface area contributed by atoms with Crippen LogP contribution < -0.4 is 0 Å². The van der Waals surface area contributed by atoms with E-state index in [-0.39, 0.29) is 18.0 Å². The number of carbonyl (C=O) groups excluding carboxylic acids is 2. The van der Waals surface area contributed by atoms with Crippen LogP contribution in [0, 0.1) is 0 Å². The molecule has 0 atom stereocenters. The van der Waals surface area contributed by atoms with E-state index in [2.05, 4.69) is 0 Å². The van der Waals surface area contributed by atoms with Crippen LogP contribution in [0.25, 0.3) is 0 Å². The van der Waals surface area contributed by atoms with Crippen molar-refractivity contribution in [1.82, 2.24) is 0 Å². The molecule has 0 saturated heterocycles. The summed E-state index contributed by atoms with van der Waals surface area (Å²) in [7, 11) is -1.75. The summed E-state index contributed by atoms with van der Waals surface area (Å²) >= 11 is 0. The van der Waals surface area contributed by atoms with Gasteiger partial charge in [-0.3, -0.25) is 18.2 Å². The number of carbonyl (C=O) groups is 2. The molecular formula is C10H11BF2O2. The van der Waals surface area contributed by atoms with Crippen LogP contribution in [0.1, 0.15) is 23.7 Å². The van der Waals surface area contributed by atoms with E-state index in [0.717, 1.165) is 0 Å². The molecule has 0 amide bonds.